The third-order valence-electron chi connectivity index (χ3n) is 3.24. The van der Waals surface area contributed by atoms with Crippen molar-refractivity contribution in [3.63, 3.8) is 0 Å². The van der Waals surface area contributed by atoms with E-state index in [1.54, 1.807) is 24.3 Å². The van der Waals surface area contributed by atoms with Gasteiger partial charge in [-0.05, 0) is 19.1 Å². The molecule has 0 aliphatic carbocycles. The molecule has 0 fully saturated rings. The van der Waals surface area contributed by atoms with E-state index < -0.39 is 18.0 Å². The zero-order valence-corrected chi connectivity index (χ0v) is 11.2. The molecule has 0 aromatic heterocycles. The molecular weight excluding hydrogens is 262 g/mol. The summed E-state index contributed by atoms with van der Waals surface area (Å²) in [6.07, 6.45) is 0. The van der Waals surface area contributed by atoms with Crippen molar-refractivity contribution in [2.45, 2.75) is 13.0 Å². The fourth-order valence-electron chi connectivity index (χ4n) is 1.93. The lowest BCUT2D eigenvalue weighted by Gasteiger charge is -2.33. The van der Waals surface area contributed by atoms with Gasteiger partial charge >= 0.3 is 12.0 Å². The molecule has 106 valence electrons. The maximum absolute atomic E-state index is 12.4. The number of carbonyl (C=O) groups is 3. The summed E-state index contributed by atoms with van der Waals surface area (Å²) in [5.74, 6) is -1.41. The van der Waals surface area contributed by atoms with E-state index in [1.807, 2.05) is 0 Å². The first-order valence-corrected chi connectivity index (χ1v) is 6.08. The first kappa shape index (κ1) is 13.9. The van der Waals surface area contributed by atoms with Crippen molar-refractivity contribution >= 4 is 29.3 Å². The summed E-state index contributed by atoms with van der Waals surface area (Å²) in [6.45, 7) is 1.28. The summed E-state index contributed by atoms with van der Waals surface area (Å²) in [4.78, 5) is 37.3. The quantitative estimate of drug-likeness (QED) is 0.842. The van der Waals surface area contributed by atoms with Gasteiger partial charge in [0.1, 0.15) is 12.6 Å². The highest BCUT2D eigenvalue weighted by Crippen LogP contribution is 2.29. The highest BCUT2D eigenvalue weighted by atomic mass is 16.4. The molecule has 0 radical (unpaired) electrons. The van der Waals surface area contributed by atoms with Crippen LogP contribution in [0, 0.1) is 0 Å². The molecule has 3 amide bonds. The molecule has 1 unspecified atom stereocenters. The molecule has 1 aromatic rings. The Balaban J connectivity index is 2.31. The largest absolute Gasteiger partial charge is 0.480 e. The molecule has 20 heavy (non-hydrogen) atoms. The van der Waals surface area contributed by atoms with Crippen molar-refractivity contribution in [3.05, 3.63) is 24.3 Å². The first-order chi connectivity index (χ1) is 9.41. The standard InChI is InChI=1S/C13H15N3O4/c1-8(12(18)19)15(2)13(20)16-7-11(17)14-9-5-3-4-6-10(9)16/h3-6,8H,7H2,1-2H3,(H,14,17)(H,18,19). The van der Waals surface area contributed by atoms with Crippen molar-refractivity contribution in [1.29, 1.82) is 0 Å². The van der Waals surface area contributed by atoms with Gasteiger partial charge in [-0.15, -0.1) is 0 Å². The van der Waals surface area contributed by atoms with Crippen LogP contribution in [-0.2, 0) is 9.59 Å². The third-order valence-corrected chi connectivity index (χ3v) is 3.24. The summed E-state index contributed by atoms with van der Waals surface area (Å²) < 4.78 is 0. The van der Waals surface area contributed by atoms with E-state index in [0.29, 0.717) is 11.4 Å². The summed E-state index contributed by atoms with van der Waals surface area (Å²) >= 11 is 0. The molecule has 1 aliphatic heterocycles. The molecule has 7 heteroatoms. The van der Waals surface area contributed by atoms with Crippen LogP contribution in [0.2, 0.25) is 0 Å². The number of likely N-dealkylation sites (N-methyl/N-ethyl adjacent to an activating group) is 1. The lowest BCUT2D eigenvalue weighted by molar-refractivity contribution is -0.141. The van der Waals surface area contributed by atoms with Crippen LogP contribution >= 0.6 is 0 Å². The van der Waals surface area contributed by atoms with Crippen LogP contribution in [0.5, 0.6) is 0 Å². The summed E-state index contributed by atoms with van der Waals surface area (Å²) in [5, 5.41) is 11.6. The van der Waals surface area contributed by atoms with Crippen molar-refractivity contribution in [2.75, 3.05) is 23.8 Å². The topological polar surface area (TPSA) is 90.0 Å². The van der Waals surface area contributed by atoms with Crippen molar-refractivity contribution < 1.29 is 19.5 Å². The van der Waals surface area contributed by atoms with Gasteiger partial charge in [0.2, 0.25) is 5.91 Å². The van der Waals surface area contributed by atoms with E-state index in [0.717, 1.165) is 4.90 Å². The van der Waals surface area contributed by atoms with Gasteiger partial charge < -0.3 is 15.3 Å². The molecular formula is C13H15N3O4. The van der Waals surface area contributed by atoms with Crippen LogP contribution < -0.4 is 10.2 Å². The van der Waals surface area contributed by atoms with Gasteiger partial charge in [0, 0.05) is 7.05 Å². The van der Waals surface area contributed by atoms with Crippen LogP contribution in [0.25, 0.3) is 0 Å². The van der Waals surface area contributed by atoms with Crippen LogP contribution in [0.1, 0.15) is 6.92 Å². The Bertz CT molecular complexity index is 572. The molecule has 2 N–H and O–H groups in total. The number of carbonyl (C=O) groups excluding carboxylic acids is 2. The fraction of sp³-hybridized carbons (Fsp3) is 0.308. The number of amides is 3. The number of nitrogens with one attached hydrogen (secondary N) is 1. The normalized spacial score (nSPS) is 15.1. The number of urea groups is 1. The molecule has 1 aliphatic rings. The average molecular weight is 277 g/mol. The number of carboxylic acids is 1. The maximum atomic E-state index is 12.4. The molecule has 0 saturated heterocycles. The molecule has 0 bridgehead atoms. The number of nitrogens with zero attached hydrogens (tertiary/aromatic N) is 2. The molecule has 0 spiro atoms. The van der Waals surface area contributed by atoms with E-state index in [2.05, 4.69) is 5.32 Å². The number of fused-ring (bicyclic) bond motifs is 1. The Labute approximate surface area is 115 Å². The monoisotopic (exact) mass is 277 g/mol. The van der Waals surface area contributed by atoms with Crippen LogP contribution in [-0.4, -0.2) is 47.5 Å². The second kappa shape index (κ2) is 5.20. The number of aliphatic carboxylic acids is 1. The molecule has 7 nitrogen and oxygen atoms in total. The van der Waals surface area contributed by atoms with E-state index in [-0.39, 0.29) is 12.5 Å². The van der Waals surface area contributed by atoms with E-state index in [4.69, 9.17) is 5.11 Å². The maximum Gasteiger partial charge on any atom is 0.326 e. The Hall–Kier alpha value is -2.57. The van der Waals surface area contributed by atoms with Gasteiger partial charge in [0.05, 0.1) is 11.4 Å². The van der Waals surface area contributed by atoms with Gasteiger partial charge in [-0.25, -0.2) is 9.59 Å². The van der Waals surface area contributed by atoms with Crippen molar-refractivity contribution in [1.82, 2.24) is 4.90 Å². The van der Waals surface area contributed by atoms with Crippen LogP contribution in [0.3, 0.4) is 0 Å². The van der Waals surface area contributed by atoms with Gasteiger partial charge in [0.15, 0.2) is 0 Å². The zero-order chi connectivity index (χ0) is 14.9. The molecule has 1 aromatic carbocycles. The highest BCUT2D eigenvalue weighted by molar-refractivity contribution is 6.09. The van der Waals surface area contributed by atoms with E-state index >= 15 is 0 Å². The van der Waals surface area contributed by atoms with Gasteiger partial charge in [-0.2, -0.15) is 0 Å². The number of benzene rings is 1. The molecule has 0 saturated carbocycles. The predicted octanol–water partition coefficient (Wildman–Crippen LogP) is 0.970. The SMILES string of the molecule is CC(C(=O)O)N(C)C(=O)N1CC(=O)Nc2ccccc21. The number of hydrogen-bond donors (Lipinski definition) is 2. The Kier molecular flexibility index (Phi) is 3.60. The molecule has 1 atom stereocenters. The van der Waals surface area contributed by atoms with Crippen molar-refractivity contribution in [2.24, 2.45) is 0 Å². The second-order valence-corrected chi connectivity index (χ2v) is 4.56. The number of carboxylic acid groups (broad SMARTS) is 1. The lowest BCUT2D eigenvalue weighted by atomic mass is 10.2. The van der Waals surface area contributed by atoms with Crippen LogP contribution in [0.15, 0.2) is 24.3 Å². The lowest BCUT2D eigenvalue weighted by Crippen LogP contribution is -2.51. The third kappa shape index (κ3) is 2.42. The van der Waals surface area contributed by atoms with Crippen molar-refractivity contribution in [3.8, 4) is 0 Å². The Morgan fingerprint density at radius 3 is 2.70 bits per heavy atom. The average Bonchev–Trinajstić information content (AvgIpc) is 2.43. The summed E-state index contributed by atoms with van der Waals surface area (Å²) in [5.41, 5.74) is 1.09. The minimum atomic E-state index is -1.10. The molecule has 2 rings (SSSR count). The number of anilines is 2. The number of rotatable bonds is 2. The van der Waals surface area contributed by atoms with E-state index in [9.17, 15) is 14.4 Å². The highest BCUT2D eigenvalue weighted by Gasteiger charge is 2.31. The first-order valence-electron chi connectivity index (χ1n) is 6.08. The Morgan fingerprint density at radius 2 is 2.05 bits per heavy atom. The van der Waals surface area contributed by atoms with Gasteiger partial charge in [-0.1, -0.05) is 12.1 Å². The van der Waals surface area contributed by atoms with Crippen LogP contribution in [0.4, 0.5) is 16.2 Å². The summed E-state index contributed by atoms with van der Waals surface area (Å²) in [7, 11) is 1.40. The van der Waals surface area contributed by atoms with Gasteiger partial charge in [-0.3, -0.25) is 9.69 Å². The minimum Gasteiger partial charge on any atom is -0.480 e. The Morgan fingerprint density at radius 1 is 1.40 bits per heavy atom. The van der Waals surface area contributed by atoms with Gasteiger partial charge in [0.25, 0.3) is 0 Å². The minimum absolute atomic E-state index is 0.132. The van der Waals surface area contributed by atoms with E-state index in [1.165, 1.54) is 18.9 Å². The molecule has 1 heterocycles. The zero-order valence-electron chi connectivity index (χ0n) is 11.2. The second-order valence-electron chi connectivity index (χ2n) is 4.56. The summed E-state index contributed by atoms with van der Waals surface area (Å²) in [6, 6.07) is 5.38. The fourth-order valence-corrected chi connectivity index (χ4v) is 1.93. The smallest absolute Gasteiger partial charge is 0.326 e. The number of para-hydroxylation sites is 2. The number of hydrogen-bond acceptors (Lipinski definition) is 3. The predicted molar refractivity (Wildman–Crippen MR) is 72.7 cm³/mol.